The highest BCUT2D eigenvalue weighted by Crippen LogP contribution is 2.37. The van der Waals surface area contributed by atoms with E-state index in [9.17, 15) is 22.0 Å². The predicted molar refractivity (Wildman–Crippen MR) is 142 cm³/mol. The Bertz CT molecular complexity index is 1480. The number of alkyl halides is 1. The van der Waals surface area contributed by atoms with Gasteiger partial charge < -0.3 is 14.2 Å². The Kier molecular flexibility index (Phi) is 9.32. The number of ether oxygens (including phenoxy) is 3. The molecule has 0 aliphatic rings. The largest absolute Gasteiger partial charge is 0.488 e. The average molecular weight is 577 g/mol. The molecule has 0 aliphatic carbocycles. The average Bonchev–Trinajstić information content (AvgIpc) is 2.94. The number of halogens is 6. The van der Waals surface area contributed by atoms with Crippen molar-refractivity contribution in [2.75, 3.05) is 7.11 Å². The summed E-state index contributed by atoms with van der Waals surface area (Å²) in [4.78, 5) is 0. The van der Waals surface area contributed by atoms with Gasteiger partial charge in [-0.15, -0.1) is 11.6 Å². The van der Waals surface area contributed by atoms with Crippen molar-refractivity contribution in [2.24, 2.45) is 0 Å². The van der Waals surface area contributed by atoms with Gasteiger partial charge in [-0.3, -0.25) is 0 Å². The zero-order valence-electron chi connectivity index (χ0n) is 22.0. The Morgan fingerprint density at radius 3 is 1.98 bits per heavy atom. The van der Waals surface area contributed by atoms with Crippen LogP contribution in [0.5, 0.6) is 17.2 Å². The lowest BCUT2D eigenvalue weighted by atomic mass is 9.97. The Morgan fingerprint density at radius 1 is 0.700 bits per heavy atom. The van der Waals surface area contributed by atoms with E-state index in [4.69, 9.17) is 25.8 Å². The van der Waals surface area contributed by atoms with Crippen molar-refractivity contribution in [3.05, 3.63) is 123 Å². The van der Waals surface area contributed by atoms with Gasteiger partial charge >= 0.3 is 0 Å². The Hall–Kier alpha value is -3.62. The van der Waals surface area contributed by atoms with E-state index >= 15 is 0 Å². The third-order valence-corrected chi connectivity index (χ3v) is 6.78. The van der Waals surface area contributed by atoms with Crippen LogP contribution in [0.25, 0.3) is 0 Å². The lowest BCUT2D eigenvalue weighted by Gasteiger charge is -2.20. The van der Waals surface area contributed by atoms with Gasteiger partial charge in [0.1, 0.15) is 18.1 Å². The number of benzene rings is 4. The Labute approximate surface area is 234 Å². The molecule has 0 fully saturated rings. The van der Waals surface area contributed by atoms with Crippen LogP contribution in [0.3, 0.4) is 0 Å². The quantitative estimate of drug-likeness (QED) is 0.0816. The molecule has 0 aromatic heterocycles. The van der Waals surface area contributed by atoms with Gasteiger partial charge in [0.05, 0.1) is 12.0 Å². The molecule has 0 N–H and O–H groups in total. The van der Waals surface area contributed by atoms with Crippen LogP contribution in [0, 0.1) is 42.9 Å². The first-order chi connectivity index (χ1) is 19.1. The smallest absolute Gasteiger partial charge is 0.207 e. The highest BCUT2D eigenvalue weighted by molar-refractivity contribution is 6.21. The molecule has 0 amide bonds. The summed E-state index contributed by atoms with van der Waals surface area (Å²) >= 11 is 6.87. The van der Waals surface area contributed by atoms with Crippen LogP contribution in [-0.4, -0.2) is 7.11 Å². The van der Waals surface area contributed by atoms with Gasteiger partial charge in [0.15, 0.2) is 0 Å². The summed E-state index contributed by atoms with van der Waals surface area (Å²) in [7, 11) is 1.59. The fourth-order valence-corrected chi connectivity index (χ4v) is 4.76. The third kappa shape index (κ3) is 6.24. The number of para-hydroxylation sites is 2. The van der Waals surface area contributed by atoms with Gasteiger partial charge in [-0.25, -0.2) is 13.2 Å². The first kappa shape index (κ1) is 29.4. The van der Waals surface area contributed by atoms with E-state index in [2.05, 4.69) is 0 Å². The first-order valence-corrected chi connectivity index (χ1v) is 12.8. The predicted octanol–water partition coefficient (Wildman–Crippen LogP) is 9.04. The van der Waals surface area contributed by atoms with E-state index in [1.165, 1.54) is 12.1 Å². The van der Waals surface area contributed by atoms with Gasteiger partial charge in [0, 0.05) is 7.11 Å². The summed E-state index contributed by atoms with van der Waals surface area (Å²) in [5.74, 6) is -11.3. The molecule has 0 bridgehead atoms. The lowest BCUT2D eigenvalue weighted by molar-refractivity contribution is 0.184. The molecule has 0 spiro atoms. The second-order valence-corrected chi connectivity index (χ2v) is 9.78. The van der Waals surface area contributed by atoms with Crippen LogP contribution >= 0.6 is 11.6 Å². The molecule has 4 rings (SSSR count). The van der Waals surface area contributed by atoms with E-state index in [1.807, 2.05) is 50.2 Å². The molecule has 1 atom stereocenters. The Balaban J connectivity index is 1.64. The zero-order valence-corrected chi connectivity index (χ0v) is 22.7. The van der Waals surface area contributed by atoms with E-state index in [0.717, 1.165) is 33.6 Å². The van der Waals surface area contributed by atoms with E-state index in [0.29, 0.717) is 12.2 Å². The molecule has 0 heterocycles. The summed E-state index contributed by atoms with van der Waals surface area (Å²) in [5.41, 5.74) is 4.81. The summed E-state index contributed by atoms with van der Waals surface area (Å²) in [6, 6.07) is 17.6. The molecule has 3 nitrogen and oxygen atoms in total. The monoisotopic (exact) mass is 576 g/mol. The maximum atomic E-state index is 14.3. The van der Waals surface area contributed by atoms with Crippen LogP contribution in [0.2, 0.25) is 0 Å². The third-order valence-electron chi connectivity index (χ3n) is 6.39. The molecular formula is C31H26ClF5O3. The van der Waals surface area contributed by atoms with Gasteiger partial charge in [0.25, 0.3) is 0 Å². The van der Waals surface area contributed by atoms with Crippen molar-refractivity contribution >= 4 is 11.6 Å². The highest BCUT2D eigenvalue weighted by Gasteiger charge is 2.28. The van der Waals surface area contributed by atoms with Crippen LogP contribution in [-0.2, 0) is 24.4 Å². The van der Waals surface area contributed by atoms with E-state index in [-0.39, 0.29) is 18.8 Å². The molecular weight excluding hydrogens is 551 g/mol. The number of methoxy groups -OCH3 is 1. The molecule has 210 valence electrons. The molecule has 4 aromatic rings. The van der Waals surface area contributed by atoms with Crippen molar-refractivity contribution in [1.82, 2.24) is 0 Å². The fourth-order valence-electron chi connectivity index (χ4n) is 4.38. The molecule has 0 radical (unpaired) electrons. The standard InChI is InChI=1S/C31H26ClF5O3/c1-17-7-6-8-18(2)30(17)39-16-21-13-19(15-38-3)11-12-22(21)23(32)14-20-9-4-5-10-24(20)40-31-28(36)26(34)25(33)27(35)29(31)37/h4-13,23H,14-16H2,1-3H3. The number of aryl methyl sites for hydroxylation is 2. The number of hydrogen-bond donors (Lipinski definition) is 0. The molecule has 0 aliphatic heterocycles. The second-order valence-electron chi connectivity index (χ2n) is 9.26. The van der Waals surface area contributed by atoms with Crippen molar-refractivity contribution in [3.63, 3.8) is 0 Å². The van der Waals surface area contributed by atoms with Crippen LogP contribution in [0.4, 0.5) is 22.0 Å². The SMILES string of the molecule is COCc1ccc(C(Cl)Cc2ccccc2Oc2c(F)c(F)c(F)c(F)c2F)c(COc2c(C)cccc2C)c1. The molecule has 1 unspecified atom stereocenters. The number of rotatable bonds is 10. The van der Waals surface area contributed by atoms with Crippen LogP contribution in [0.1, 0.15) is 38.8 Å². The van der Waals surface area contributed by atoms with Crippen molar-refractivity contribution in [1.29, 1.82) is 0 Å². The van der Waals surface area contributed by atoms with E-state index < -0.39 is 40.2 Å². The fraction of sp³-hybridized carbons (Fsp3) is 0.226. The van der Waals surface area contributed by atoms with Gasteiger partial charge in [-0.1, -0.05) is 48.5 Å². The van der Waals surface area contributed by atoms with Gasteiger partial charge in [0.2, 0.25) is 34.8 Å². The first-order valence-electron chi connectivity index (χ1n) is 12.3. The van der Waals surface area contributed by atoms with Crippen molar-refractivity contribution in [2.45, 2.75) is 38.9 Å². The minimum Gasteiger partial charge on any atom is -0.488 e. The molecule has 0 saturated heterocycles. The van der Waals surface area contributed by atoms with Crippen LogP contribution < -0.4 is 9.47 Å². The summed E-state index contributed by atoms with van der Waals surface area (Å²) in [5, 5.41) is -0.658. The molecule has 9 heteroatoms. The van der Waals surface area contributed by atoms with E-state index in [1.54, 1.807) is 19.2 Å². The lowest BCUT2D eigenvalue weighted by Crippen LogP contribution is -2.08. The van der Waals surface area contributed by atoms with Gasteiger partial charge in [-0.05, 0) is 65.8 Å². The summed E-state index contributed by atoms with van der Waals surface area (Å²) < 4.78 is 86.2. The summed E-state index contributed by atoms with van der Waals surface area (Å²) in [6.45, 7) is 4.50. The van der Waals surface area contributed by atoms with Crippen molar-refractivity contribution in [3.8, 4) is 17.2 Å². The maximum Gasteiger partial charge on any atom is 0.207 e. The zero-order chi connectivity index (χ0) is 29.0. The summed E-state index contributed by atoms with van der Waals surface area (Å²) in [6.07, 6.45) is 0.118. The topological polar surface area (TPSA) is 27.7 Å². The van der Waals surface area contributed by atoms with Gasteiger partial charge in [-0.2, -0.15) is 8.78 Å². The minimum absolute atomic E-state index is 0.0966. The minimum atomic E-state index is -2.26. The molecule has 0 saturated carbocycles. The Morgan fingerprint density at radius 2 is 1.32 bits per heavy atom. The molecule has 4 aromatic carbocycles. The number of hydrogen-bond acceptors (Lipinski definition) is 3. The second kappa shape index (κ2) is 12.7. The van der Waals surface area contributed by atoms with Crippen LogP contribution in [0.15, 0.2) is 60.7 Å². The normalized spacial score (nSPS) is 11.9. The maximum absolute atomic E-state index is 14.3. The molecule has 40 heavy (non-hydrogen) atoms. The van der Waals surface area contributed by atoms with Crippen molar-refractivity contribution < 1.29 is 36.2 Å². The highest BCUT2D eigenvalue weighted by atomic mass is 35.5.